The molecule has 2 aromatic rings. The van der Waals surface area contributed by atoms with Crippen molar-refractivity contribution in [1.82, 2.24) is 15.1 Å². The summed E-state index contributed by atoms with van der Waals surface area (Å²) in [4.78, 5) is 0. The normalized spacial score (nSPS) is 12.6. The molecule has 1 aromatic heterocycles. The van der Waals surface area contributed by atoms with Gasteiger partial charge in [0, 0.05) is 19.3 Å². The van der Waals surface area contributed by atoms with Crippen LogP contribution in [0.15, 0.2) is 24.5 Å². The maximum atomic E-state index is 13.4. The summed E-state index contributed by atoms with van der Waals surface area (Å²) in [7, 11) is 1.80. The molecule has 1 aromatic carbocycles. The van der Waals surface area contributed by atoms with Crippen molar-refractivity contribution < 1.29 is 13.2 Å². The SMILES string of the molecule is CCCNC(Cc1cnn(C)c1)c1cc(F)c(F)c(F)c1. The largest absolute Gasteiger partial charge is 0.310 e. The van der Waals surface area contributed by atoms with Gasteiger partial charge in [-0.1, -0.05) is 6.92 Å². The van der Waals surface area contributed by atoms with Crippen molar-refractivity contribution in [3.05, 3.63) is 53.1 Å². The Morgan fingerprint density at radius 3 is 2.43 bits per heavy atom. The molecule has 0 bridgehead atoms. The lowest BCUT2D eigenvalue weighted by molar-refractivity contribution is 0.438. The number of hydrogen-bond donors (Lipinski definition) is 1. The average Bonchev–Trinajstić information content (AvgIpc) is 2.85. The van der Waals surface area contributed by atoms with Gasteiger partial charge in [0.2, 0.25) is 0 Å². The number of rotatable bonds is 6. The maximum absolute atomic E-state index is 13.4. The van der Waals surface area contributed by atoms with Crippen molar-refractivity contribution in [2.75, 3.05) is 6.54 Å². The zero-order chi connectivity index (χ0) is 15.4. The van der Waals surface area contributed by atoms with Gasteiger partial charge in [0.05, 0.1) is 6.20 Å². The molecule has 0 spiro atoms. The van der Waals surface area contributed by atoms with E-state index in [1.807, 2.05) is 13.1 Å². The number of benzene rings is 1. The molecule has 1 atom stereocenters. The average molecular weight is 297 g/mol. The molecular weight excluding hydrogens is 279 g/mol. The molecule has 0 radical (unpaired) electrons. The standard InChI is InChI=1S/C15H18F3N3/c1-3-4-19-14(5-10-8-20-21(2)9-10)11-6-12(16)15(18)13(17)7-11/h6-9,14,19H,3-5H2,1-2H3. The van der Waals surface area contributed by atoms with Crippen molar-refractivity contribution in [3.63, 3.8) is 0 Å². The molecule has 0 fully saturated rings. The summed E-state index contributed by atoms with van der Waals surface area (Å²) >= 11 is 0. The highest BCUT2D eigenvalue weighted by atomic mass is 19.2. The Bertz CT molecular complexity index is 587. The molecule has 0 aliphatic heterocycles. The van der Waals surface area contributed by atoms with Crippen molar-refractivity contribution in [2.24, 2.45) is 7.05 Å². The number of aryl methyl sites for hydroxylation is 1. The lowest BCUT2D eigenvalue weighted by Gasteiger charge is -2.19. The van der Waals surface area contributed by atoms with Crippen LogP contribution < -0.4 is 5.32 Å². The summed E-state index contributed by atoms with van der Waals surface area (Å²) in [6.07, 6.45) is 4.96. The number of nitrogens with one attached hydrogen (secondary N) is 1. The molecule has 2 rings (SSSR count). The molecule has 0 saturated carbocycles. The highest BCUT2D eigenvalue weighted by molar-refractivity contribution is 5.24. The highest BCUT2D eigenvalue weighted by Crippen LogP contribution is 2.22. The molecule has 21 heavy (non-hydrogen) atoms. The van der Waals surface area contributed by atoms with Crippen LogP contribution in [0.2, 0.25) is 0 Å². The molecule has 6 heteroatoms. The molecule has 0 saturated heterocycles. The van der Waals surface area contributed by atoms with Gasteiger partial charge in [-0.15, -0.1) is 0 Å². The zero-order valence-electron chi connectivity index (χ0n) is 12.0. The third-order valence-electron chi connectivity index (χ3n) is 3.25. The molecule has 3 nitrogen and oxygen atoms in total. The van der Waals surface area contributed by atoms with Gasteiger partial charge in [-0.25, -0.2) is 13.2 Å². The zero-order valence-corrected chi connectivity index (χ0v) is 12.0. The predicted molar refractivity (Wildman–Crippen MR) is 74.3 cm³/mol. The third-order valence-corrected chi connectivity index (χ3v) is 3.25. The first-order chi connectivity index (χ1) is 10.0. The quantitative estimate of drug-likeness (QED) is 0.830. The first kappa shape index (κ1) is 15.6. The van der Waals surface area contributed by atoms with E-state index in [1.54, 1.807) is 17.9 Å². The van der Waals surface area contributed by atoms with Crippen molar-refractivity contribution in [1.29, 1.82) is 0 Å². The molecular formula is C15H18F3N3. The second kappa shape index (κ2) is 6.76. The van der Waals surface area contributed by atoms with Gasteiger partial charge in [-0.2, -0.15) is 5.10 Å². The van der Waals surface area contributed by atoms with Crippen LogP contribution >= 0.6 is 0 Å². The first-order valence-electron chi connectivity index (χ1n) is 6.86. The van der Waals surface area contributed by atoms with Crippen molar-refractivity contribution in [3.8, 4) is 0 Å². The topological polar surface area (TPSA) is 29.9 Å². The van der Waals surface area contributed by atoms with Gasteiger partial charge in [0.25, 0.3) is 0 Å². The minimum absolute atomic E-state index is 0.293. The van der Waals surface area contributed by atoms with E-state index in [1.165, 1.54) is 0 Å². The molecule has 0 aliphatic carbocycles. The summed E-state index contributed by atoms with van der Waals surface area (Å²) in [5.41, 5.74) is 1.33. The smallest absolute Gasteiger partial charge is 0.194 e. The van der Waals surface area contributed by atoms with Gasteiger partial charge >= 0.3 is 0 Å². The highest BCUT2D eigenvalue weighted by Gasteiger charge is 2.18. The molecule has 114 valence electrons. The Kier molecular flexibility index (Phi) is 5.01. The molecule has 1 N–H and O–H groups in total. The minimum Gasteiger partial charge on any atom is -0.310 e. The predicted octanol–water partition coefficient (Wildman–Crippen LogP) is 3.12. The summed E-state index contributed by atoms with van der Waals surface area (Å²) < 4.78 is 41.5. The maximum Gasteiger partial charge on any atom is 0.194 e. The van der Waals surface area contributed by atoms with E-state index < -0.39 is 17.5 Å². The summed E-state index contributed by atoms with van der Waals surface area (Å²) in [5.74, 6) is -3.77. The Morgan fingerprint density at radius 2 is 1.90 bits per heavy atom. The van der Waals surface area contributed by atoms with Gasteiger partial charge < -0.3 is 5.32 Å². The molecule has 1 unspecified atom stereocenters. The van der Waals surface area contributed by atoms with E-state index in [2.05, 4.69) is 10.4 Å². The minimum atomic E-state index is -1.44. The van der Waals surface area contributed by atoms with Crippen LogP contribution in [0, 0.1) is 17.5 Å². The monoisotopic (exact) mass is 297 g/mol. The van der Waals surface area contributed by atoms with Crippen LogP contribution in [0.4, 0.5) is 13.2 Å². The van der Waals surface area contributed by atoms with E-state index >= 15 is 0 Å². The Labute approximate surface area is 121 Å². The van der Waals surface area contributed by atoms with Crippen LogP contribution in [-0.4, -0.2) is 16.3 Å². The van der Waals surface area contributed by atoms with Crippen LogP contribution in [-0.2, 0) is 13.5 Å². The fraction of sp³-hybridized carbons (Fsp3) is 0.400. The van der Waals surface area contributed by atoms with E-state index in [4.69, 9.17) is 0 Å². The van der Waals surface area contributed by atoms with Crippen LogP contribution in [0.1, 0.15) is 30.5 Å². The van der Waals surface area contributed by atoms with Gasteiger partial charge in [0.15, 0.2) is 17.5 Å². The van der Waals surface area contributed by atoms with Gasteiger partial charge in [-0.3, -0.25) is 4.68 Å². The second-order valence-corrected chi connectivity index (χ2v) is 5.03. The number of hydrogen-bond acceptors (Lipinski definition) is 2. The van der Waals surface area contributed by atoms with E-state index in [-0.39, 0.29) is 6.04 Å². The van der Waals surface area contributed by atoms with Crippen LogP contribution in [0.5, 0.6) is 0 Å². The fourth-order valence-electron chi connectivity index (χ4n) is 2.22. The van der Waals surface area contributed by atoms with Crippen LogP contribution in [0.25, 0.3) is 0 Å². The van der Waals surface area contributed by atoms with Gasteiger partial charge in [-0.05, 0) is 42.6 Å². The first-order valence-corrected chi connectivity index (χ1v) is 6.86. The summed E-state index contributed by atoms with van der Waals surface area (Å²) in [5, 5.41) is 7.30. The van der Waals surface area contributed by atoms with E-state index in [0.29, 0.717) is 18.5 Å². The molecule has 1 heterocycles. The number of nitrogens with zero attached hydrogens (tertiary/aromatic N) is 2. The van der Waals surface area contributed by atoms with E-state index in [0.717, 1.165) is 24.1 Å². The Hall–Kier alpha value is -1.82. The van der Waals surface area contributed by atoms with E-state index in [9.17, 15) is 13.2 Å². The van der Waals surface area contributed by atoms with Crippen molar-refractivity contribution >= 4 is 0 Å². The third kappa shape index (κ3) is 3.85. The lowest BCUT2D eigenvalue weighted by atomic mass is 10.00. The van der Waals surface area contributed by atoms with Crippen LogP contribution in [0.3, 0.4) is 0 Å². The van der Waals surface area contributed by atoms with Crippen molar-refractivity contribution in [2.45, 2.75) is 25.8 Å². The number of halogens is 3. The Balaban J connectivity index is 2.26. The molecule has 0 amide bonds. The number of aromatic nitrogens is 2. The Morgan fingerprint density at radius 1 is 1.24 bits per heavy atom. The fourth-order valence-corrected chi connectivity index (χ4v) is 2.22. The lowest BCUT2D eigenvalue weighted by Crippen LogP contribution is -2.24. The summed E-state index contributed by atoms with van der Waals surface area (Å²) in [6, 6.07) is 1.79. The molecule has 0 aliphatic rings. The second-order valence-electron chi connectivity index (χ2n) is 5.03. The summed E-state index contributed by atoms with van der Waals surface area (Å²) in [6.45, 7) is 2.70. The van der Waals surface area contributed by atoms with Gasteiger partial charge in [0.1, 0.15) is 0 Å².